The van der Waals surface area contributed by atoms with E-state index in [4.69, 9.17) is 10.2 Å². The van der Waals surface area contributed by atoms with Crippen molar-refractivity contribution in [3.8, 4) is 0 Å². The quantitative estimate of drug-likeness (QED) is 0.429. The molecule has 1 unspecified atom stereocenters. The minimum Gasteiger partial charge on any atom is -0.478 e. The number of rotatable bonds is 4. The van der Waals surface area contributed by atoms with Gasteiger partial charge in [0.05, 0.1) is 16.9 Å². The Morgan fingerprint density at radius 3 is 2.73 bits per heavy atom. The molecule has 1 aromatic carbocycles. The number of aromatic carboxylic acids is 1. The molecular formula is C9H9NO5. The van der Waals surface area contributed by atoms with Crippen molar-refractivity contribution in [2.75, 3.05) is 0 Å². The van der Waals surface area contributed by atoms with Gasteiger partial charge in [0.15, 0.2) is 0 Å². The first-order valence-electron chi connectivity index (χ1n) is 4.14. The van der Waals surface area contributed by atoms with E-state index in [1.165, 1.54) is 24.3 Å². The molecule has 80 valence electrons. The molecule has 0 spiro atoms. The molecule has 0 bridgehead atoms. The lowest BCUT2D eigenvalue weighted by molar-refractivity contribution is -0.569. The second kappa shape index (κ2) is 4.52. The highest BCUT2D eigenvalue weighted by Gasteiger charge is 2.16. The van der Waals surface area contributed by atoms with E-state index in [1.54, 1.807) is 0 Å². The molecule has 0 aliphatic rings. The predicted octanol–water partition coefficient (Wildman–Crippen LogP) is 0.522. The van der Waals surface area contributed by atoms with E-state index in [0.717, 1.165) is 0 Å². The second-order valence-corrected chi connectivity index (χ2v) is 2.98. The molecule has 2 N–H and O–H groups in total. The Kier molecular flexibility index (Phi) is 3.35. The summed E-state index contributed by atoms with van der Waals surface area (Å²) in [6.07, 6.45) is -1.90. The van der Waals surface area contributed by atoms with Crippen molar-refractivity contribution < 1.29 is 19.9 Å². The average Bonchev–Trinajstić information content (AvgIpc) is 2.18. The van der Waals surface area contributed by atoms with Gasteiger partial charge in [-0.05, 0) is 17.7 Å². The third-order valence-electron chi connectivity index (χ3n) is 1.84. The van der Waals surface area contributed by atoms with Gasteiger partial charge in [0.2, 0.25) is 0 Å². The smallest absolute Gasteiger partial charge is 0.335 e. The molecule has 0 aromatic heterocycles. The Labute approximate surface area is 84.9 Å². The molecular weight excluding hydrogens is 202 g/mol. The van der Waals surface area contributed by atoms with Gasteiger partial charge in [-0.25, -0.2) is 4.79 Å². The Bertz CT molecular complexity index is 390. The summed E-state index contributed by atoms with van der Waals surface area (Å²) in [4.78, 5) is 19.9. The SMILES string of the molecule is O=C(O)c1cccc(CC(O)[N+](=O)[O-])c1. The Hall–Kier alpha value is -1.95. The molecule has 0 aliphatic carbocycles. The van der Waals surface area contributed by atoms with Crippen LogP contribution in [-0.4, -0.2) is 27.3 Å². The molecule has 0 saturated carbocycles. The van der Waals surface area contributed by atoms with Crippen LogP contribution in [0.1, 0.15) is 15.9 Å². The van der Waals surface area contributed by atoms with E-state index in [1.807, 2.05) is 0 Å². The number of hydrogen-bond donors (Lipinski definition) is 2. The third-order valence-corrected chi connectivity index (χ3v) is 1.84. The maximum absolute atomic E-state index is 10.6. The number of carbonyl (C=O) groups is 1. The molecule has 0 radical (unpaired) electrons. The van der Waals surface area contributed by atoms with Gasteiger partial charge in [0, 0.05) is 0 Å². The van der Waals surface area contributed by atoms with Crippen LogP contribution in [0.2, 0.25) is 0 Å². The molecule has 1 atom stereocenters. The number of benzene rings is 1. The molecule has 0 amide bonds. The van der Waals surface area contributed by atoms with Gasteiger partial charge in [-0.3, -0.25) is 10.1 Å². The normalized spacial score (nSPS) is 12.1. The summed E-state index contributed by atoms with van der Waals surface area (Å²) in [6.45, 7) is 0. The summed E-state index contributed by atoms with van der Waals surface area (Å²) in [5, 5.41) is 27.8. The zero-order valence-electron chi connectivity index (χ0n) is 7.66. The molecule has 6 heteroatoms. The standard InChI is InChI=1S/C9H9NO5/c11-8(10(14)15)5-6-2-1-3-7(4-6)9(12)13/h1-4,8,11H,5H2,(H,12,13). The summed E-state index contributed by atoms with van der Waals surface area (Å²) in [7, 11) is 0. The van der Waals surface area contributed by atoms with Crippen LogP contribution in [0.3, 0.4) is 0 Å². The van der Waals surface area contributed by atoms with Crippen LogP contribution in [0.25, 0.3) is 0 Å². The summed E-state index contributed by atoms with van der Waals surface area (Å²) in [5.74, 6) is -1.10. The number of hydrogen-bond acceptors (Lipinski definition) is 4. The Morgan fingerprint density at radius 1 is 1.53 bits per heavy atom. The fourth-order valence-electron chi connectivity index (χ4n) is 1.12. The van der Waals surface area contributed by atoms with Crippen LogP contribution in [0.5, 0.6) is 0 Å². The zero-order chi connectivity index (χ0) is 11.4. The van der Waals surface area contributed by atoms with Crippen molar-refractivity contribution in [1.82, 2.24) is 0 Å². The van der Waals surface area contributed by atoms with Crippen molar-refractivity contribution in [3.63, 3.8) is 0 Å². The second-order valence-electron chi connectivity index (χ2n) is 2.98. The highest BCUT2D eigenvalue weighted by Crippen LogP contribution is 2.08. The monoisotopic (exact) mass is 211 g/mol. The lowest BCUT2D eigenvalue weighted by Gasteiger charge is -2.03. The molecule has 0 saturated heterocycles. The van der Waals surface area contributed by atoms with Gasteiger partial charge in [-0.1, -0.05) is 12.1 Å². The molecule has 0 fully saturated rings. The molecule has 15 heavy (non-hydrogen) atoms. The van der Waals surface area contributed by atoms with E-state index in [-0.39, 0.29) is 12.0 Å². The molecule has 1 aromatic rings. The lowest BCUT2D eigenvalue weighted by atomic mass is 10.1. The maximum atomic E-state index is 10.6. The third kappa shape index (κ3) is 3.03. The zero-order valence-corrected chi connectivity index (χ0v) is 7.66. The topological polar surface area (TPSA) is 101 Å². The number of nitro groups is 1. The first-order chi connectivity index (χ1) is 7.00. The maximum Gasteiger partial charge on any atom is 0.335 e. The largest absolute Gasteiger partial charge is 0.478 e. The number of carboxylic acid groups (broad SMARTS) is 1. The first-order valence-corrected chi connectivity index (χ1v) is 4.14. The fraction of sp³-hybridized carbons (Fsp3) is 0.222. The van der Waals surface area contributed by atoms with Gasteiger partial charge in [-0.15, -0.1) is 0 Å². The van der Waals surface area contributed by atoms with Gasteiger partial charge in [-0.2, -0.15) is 0 Å². The van der Waals surface area contributed by atoms with Crippen LogP contribution in [0, 0.1) is 10.1 Å². The van der Waals surface area contributed by atoms with Crippen molar-refractivity contribution in [3.05, 3.63) is 45.5 Å². The van der Waals surface area contributed by atoms with Crippen LogP contribution in [0.4, 0.5) is 0 Å². The van der Waals surface area contributed by atoms with E-state index >= 15 is 0 Å². The highest BCUT2D eigenvalue weighted by atomic mass is 16.7. The number of aliphatic hydroxyl groups is 1. The van der Waals surface area contributed by atoms with E-state index in [0.29, 0.717) is 5.56 Å². The van der Waals surface area contributed by atoms with Gasteiger partial charge < -0.3 is 10.2 Å². The van der Waals surface area contributed by atoms with E-state index in [9.17, 15) is 14.9 Å². The van der Waals surface area contributed by atoms with Crippen molar-refractivity contribution in [2.45, 2.75) is 12.6 Å². The average molecular weight is 211 g/mol. The Balaban J connectivity index is 2.82. The Morgan fingerprint density at radius 2 is 2.20 bits per heavy atom. The van der Waals surface area contributed by atoms with Gasteiger partial charge >= 0.3 is 12.2 Å². The number of nitrogens with zero attached hydrogens (tertiary/aromatic N) is 1. The highest BCUT2D eigenvalue weighted by molar-refractivity contribution is 5.87. The predicted molar refractivity (Wildman–Crippen MR) is 50.1 cm³/mol. The van der Waals surface area contributed by atoms with Crippen LogP contribution < -0.4 is 0 Å². The minimum absolute atomic E-state index is 0.0445. The summed E-state index contributed by atoms with van der Waals surface area (Å²) < 4.78 is 0. The van der Waals surface area contributed by atoms with Crippen LogP contribution >= 0.6 is 0 Å². The molecule has 0 aliphatic heterocycles. The van der Waals surface area contributed by atoms with Crippen LogP contribution in [0.15, 0.2) is 24.3 Å². The van der Waals surface area contributed by atoms with Gasteiger partial charge in [0.25, 0.3) is 0 Å². The number of aliphatic hydroxyl groups excluding tert-OH is 1. The van der Waals surface area contributed by atoms with Crippen molar-refractivity contribution >= 4 is 5.97 Å². The fourth-order valence-corrected chi connectivity index (χ4v) is 1.12. The van der Waals surface area contributed by atoms with E-state index < -0.39 is 17.1 Å². The number of carboxylic acids is 1. The van der Waals surface area contributed by atoms with Gasteiger partial charge in [0.1, 0.15) is 0 Å². The summed E-state index contributed by atoms with van der Waals surface area (Å²) >= 11 is 0. The van der Waals surface area contributed by atoms with Crippen LogP contribution in [-0.2, 0) is 6.42 Å². The molecule has 0 heterocycles. The summed E-state index contributed by atoms with van der Waals surface area (Å²) in [5.41, 5.74) is 0.460. The summed E-state index contributed by atoms with van der Waals surface area (Å²) in [6, 6.07) is 5.68. The molecule has 1 rings (SSSR count). The van der Waals surface area contributed by atoms with Crippen molar-refractivity contribution in [1.29, 1.82) is 0 Å². The van der Waals surface area contributed by atoms with Crippen molar-refractivity contribution in [2.24, 2.45) is 0 Å². The first kappa shape index (κ1) is 11.1. The lowest BCUT2D eigenvalue weighted by Crippen LogP contribution is -2.21. The van der Waals surface area contributed by atoms with E-state index in [2.05, 4.69) is 0 Å². The molecule has 6 nitrogen and oxygen atoms in total. The minimum atomic E-state index is -1.70.